The van der Waals surface area contributed by atoms with E-state index in [9.17, 15) is 9.59 Å². The molecule has 0 aliphatic heterocycles. The van der Waals surface area contributed by atoms with Crippen LogP contribution in [-0.4, -0.2) is 28.3 Å². The smallest absolute Gasteiger partial charge is 0.269 e. The van der Waals surface area contributed by atoms with Gasteiger partial charge < -0.3 is 16.8 Å². The Hall–Kier alpha value is -3.58. The Morgan fingerprint density at radius 1 is 1.10 bits per heavy atom. The molecule has 0 spiro atoms. The quantitative estimate of drug-likeness (QED) is 0.572. The minimum atomic E-state index is -0.691. The average molecular weight is 389 g/mol. The average Bonchev–Trinajstić information content (AvgIpc) is 2.77. The molecule has 0 aliphatic carbocycles. The van der Waals surface area contributed by atoms with Gasteiger partial charge in [-0.1, -0.05) is 49.4 Å². The molecule has 7 nitrogen and oxygen atoms in total. The highest BCUT2D eigenvalue weighted by Gasteiger charge is 2.14. The van der Waals surface area contributed by atoms with Crippen LogP contribution in [-0.2, 0) is 6.54 Å². The standard InChI is InChI=1S/C22H23N5O2/c1-14(15-6-3-2-4-7-15)12-26-22(29)17-9-5-8-16(10-17)19-13-25-18(11-23)20(27-19)21(24)28/h2-10,13-14H,11-12,23H2,1H3,(H2,24,28)(H,26,29). The number of carbonyl (C=O) groups is 2. The molecule has 0 bridgehead atoms. The molecule has 2 amide bonds. The maximum absolute atomic E-state index is 12.6. The third-order valence-corrected chi connectivity index (χ3v) is 4.63. The maximum atomic E-state index is 12.6. The van der Waals surface area contributed by atoms with Gasteiger partial charge in [0.05, 0.1) is 17.6 Å². The molecule has 0 saturated heterocycles. The molecule has 1 atom stereocenters. The zero-order valence-corrected chi connectivity index (χ0v) is 16.1. The van der Waals surface area contributed by atoms with E-state index in [0.717, 1.165) is 5.56 Å². The lowest BCUT2D eigenvalue weighted by molar-refractivity contribution is 0.0950. The second-order valence-corrected chi connectivity index (χ2v) is 6.72. The van der Waals surface area contributed by atoms with Crippen LogP contribution in [0.1, 0.15) is 44.9 Å². The van der Waals surface area contributed by atoms with E-state index in [0.29, 0.717) is 29.1 Å². The lowest BCUT2D eigenvalue weighted by atomic mass is 10.0. The summed E-state index contributed by atoms with van der Waals surface area (Å²) < 4.78 is 0. The van der Waals surface area contributed by atoms with E-state index in [-0.39, 0.29) is 24.1 Å². The SMILES string of the molecule is CC(CNC(=O)c1cccc(-c2cnc(CN)c(C(N)=O)n2)c1)c1ccccc1. The van der Waals surface area contributed by atoms with Crippen molar-refractivity contribution in [1.82, 2.24) is 15.3 Å². The van der Waals surface area contributed by atoms with E-state index in [4.69, 9.17) is 11.5 Å². The van der Waals surface area contributed by atoms with Crippen LogP contribution in [0, 0.1) is 0 Å². The third kappa shape index (κ3) is 4.83. The first-order valence-electron chi connectivity index (χ1n) is 9.29. The number of nitrogens with zero attached hydrogens (tertiary/aromatic N) is 2. The molecule has 148 valence electrons. The molecule has 1 heterocycles. The van der Waals surface area contributed by atoms with Gasteiger partial charge in [0, 0.05) is 24.2 Å². The van der Waals surface area contributed by atoms with Gasteiger partial charge >= 0.3 is 0 Å². The van der Waals surface area contributed by atoms with Gasteiger partial charge in [-0.15, -0.1) is 0 Å². The first kappa shape index (κ1) is 20.2. The molecule has 7 heteroatoms. The summed E-state index contributed by atoms with van der Waals surface area (Å²) in [5.74, 6) is -0.684. The van der Waals surface area contributed by atoms with E-state index in [1.807, 2.05) is 30.3 Å². The molecule has 3 rings (SSSR count). The molecule has 1 aromatic heterocycles. The largest absolute Gasteiger partial charge is 0.364 e. The first-order chi connectivity index (χ1) is 14.0. The lowest BCUT2D eigenvalue weighted by Gasteiger charge is -2.13. The Bertz CT molecular complexity index is 1020. The number of nitrogens with two attached hydrogens (primary N) is 2. The number of rotatable bonds is 7. The van der Waals surface area contributed by atoms with Crippen molar-refractivity contribution in [3.05, 3.63) is 83.3 Å². The Kier molecular flexibility index (Phi) is 6.31. The van der Waals surface area contributed by atoms with Crippen LogP contribution in [0.5, 0.6) is 0 Å². The number of amides is 2. The van der Waals surface area contributed by atoms with Crippen molar-refractivity contribution in [2.45, 2.75) is 19.4 Å². The molecule has 1 unspecified atom stereocenters. The van der Waals surface area contributed by atoms with E-state index >= 15 is 0 Å². The number of primary amides is 1. The van der Waals surface area contributed by atoms with Gasteiger partial charge in [-0.25, -0.2) is 4.98 Å². The van der Waals surface area contributed by atoms with Crippen molar-refractivity contribution in [2.75, 3.05) is 6.54 Å². The number of hydrogen-bond acceptors (Lipinski definition) is 5. The van der Waals surface area contributed by atoms with Crippen LogP contribution >= 0.6 is 0 Å². The van der Waals surface area contributed by atoms with E-state index in [1.165, 1.54) is 6.20 Å². The van der Waals surface area contributed by atoms with Crippen molar-refractivity contribution in [1.29, 1.82) is 0 Å². The Balaban J connectivity index is 1.76. The van der Waals surface area contributed by atoms with Crippen LogP contribution in [0.4, 0.5) is 0 Å². The summed E-state index contributed by atoms with van der Waals surface area (Å²) in [7, 11) is 0. The minimum absolute atomic E-state index is 0.0385. The maximum Gasteiger partial charge on any atom is 0.269 e. The zero-order chi connectivity index (χ0) is 20.8. The highest BCUT2D eigenvalue weighted by atomic mass is 16.2. The Labute approximate surface area is 169 Å². The number of nitrogens with one attached hydrogen (secondary N) is 1. The summed E-state index contributed by atoms with van der Waals surface area (Å²) >= 11 is 0. The number of carbonyl (C=O) groups excluding carboxylic acids is 2. The Morgan fingerprint density at radius 3 is 2.55 bits per heavy atom. The molecule has 3 aromatic rings. The summed E-state index contributed by atoms with van der Waals surface area (Å²) in [4.78, 5) is 32.7. The molecule has 0 saturated carbocycles. The fourth-order valence-corrected chi connectivity index (χ4v) is 2.97. The fourth-order valence-electron chi connectivity index (χ4n) is 2.97. The van der Waals surface area contributed by atoms with Gasteiger partial charge in [-0.3, -0.25) is 14.6 Å². The molecular weight excluding hydrogens is 366 g/mol. The van der Waals surface area contributed by atoms with Crippen LogP contribution in [0.2, 0.25) is 0 Å². The predicted octanol–water partition coefficient (Wildman–Crippen LogP) is 2.23. The molecule has 2 aromatic carbocycles. The number of hydrogen-bond donors (Lipinski definition) is 3. The number of benzene rings is 2. The van der Waals surface area contributed by atoms with Crippen molar-refractivity contribution in [3.8, 4) is 11.3 Å². The summed E-state index contributed by atoms with van der Waals surface area (Å²) in [5.41, 5.74) is 14.1. The van der Waals surface area contributed by atoms with Gasteiger partial charge in [-0.2, -0.15) is 0 Å². The van der Waals surface area contributed by atoms with E-state index in [1.54, 1.807) is 24.3 Å². The van der Waals surface area contributed by atoms with Gasteiger partial charge in [0.1, 0.15) is 0 Å². The van der Waals surface area contributed by atoms with Gasteiger partial charge in [0.2, 0.25) is 0 Å². The first-order valence-corrected chi connectivity index (χ1v) is 9.29. The monoisotopic (exact) mass is 389 g/mol. The van der Waals surface area contributed by atoms with Crippen LogP contribution < -0.4 is 16.8 Å². The highest BCUT2D eigenvalue weighted by Crippen LogP contribution is 2.19. The molecule has 0 fully saturated rings. The molecule has 0 radical (unpaired) electrons. The van der Waals surface area contributed by atoms with Crippen LogP contribution in [0.25, 0.3) is 11.3 Å². The summed E-state index contributed by atoms with van der Waals surface area (Å²) in [5, 5.41) is 2.96. The van der Waals surface area contributed by atoms with Gasteiger partial charge in [-0.05, 0) is 23.6 Å². The van der Waals surface area contributed by atoms with Crippen molar-refractivity contribution < 1.29 is 9.59 Å². The zero-order valence-electron chi connectivity index (χ0n) is 16.1. The van der Waals surface area contributed by atoms with Crippen molar-refractivity contribution >= 4 is 11.8 Å². The van der Waals surface area contributed by atoms with Crippen molar-refractivity contribution in [3.63, 3.8) is 0 Å². The van der Waals surface area contributed by atoms with Crippen LogP contribution in [0.3, 0.4) is 0 Å². The van der Waals surface area contributed by atoms with Crippen molar-refractivity contribution in [2.24, 2.45) is 11.5 Å². The number of aromatic nitrogens is 2. The van der Waals surface area contributed by atoms with E-state index in [2.05, 4.69) is 22.2 Å². The van der Waals surface area contributed by atoms with Gasteiger partial charge in [0.25, 0.3) is 11.8 Å². The second kappa shape index (κ2) is 9.07. The Morgan fingerprint density at radius 2 is 1.86 bits per heavy atom. The lowest BCUT2D eigenvalue weighted by Crippen LogP contribution is -2.27. The highest BCUT2D eigenvalue weighted by molar-refractivity contribution is 5.95. The summed E-state index contributed by atoms with van der Waals surface area (Å²) in [6, 6.07) is 17.0. The second-order valence-electron chi connectivity index (χ2n) is 6.72. The summed E-state index contributed by atoms with van der Waals surface area (Å²) in [6.45, 7) is 2.64. The molecule has 29 heavy (non-hydrogen) atoms. The third-order valence-electron chi connectivity index (χ3n) is 4.63. The topological polar surface area (TPSA) is 124 Å². The normalized spacial score (nSPS) is 11.7. The predicted molar refractivity (Wildman–Crippen MR) is 111 cm³/mol. The summed E-state index contributed by atoms with van der Waals surface area (Å²) in [6.07, 6.45) is 1.52. The minimum Gasteiger partial charge on any atom is -0.364 e. The van der Waals surface area contributed by atoms with Crippen LogP contribution in [0.15, 0.2) is 60.8 Å². The molecule has 0 aliphatic rings. The van der Waals surface area contributed by atoms with E-state index < -0.39 is 5.91 Å². The molecular formula is C22H23N5O2. The van der Waals surface area contributed by atoms with Gasteiger partial charge in [0.15, 0.2) is 5.69 Å². The molecule has 5 N–H and O–H groups in total. The fraction of sp³-hybridized carbons (Fsp3) is 0.182.